The number of carbonyl (C=O) groups excluding carboxylic acids is 1. The van der Waals surface area contributed by atoms with Crippen molar-refractivity contribution < 1.29 is 27.5 Å². The Morgan fingerprint density at radius 3 is 2.55 bits per heavy atom. The number of hydrogen-bond acceptors (Lipinski definition) is 4. The van der Waals surface area contributed by atoms with Crippen LogP contribution in [0.25, 0.3) is 0 Å². The molecular formula is C18H22F3IN4O3. The molecule has 0 aliphatic carbocycles. The smallest absolute Gasteiger partial charge is 0.246 e. The van der Waals surface area contributed by atoms with E-state index in [0.717, 1.165) is 6.07 Å². The van der Waals surface area contributed by atoms with Gasteiger partial charge in [0.1, 0.15) is 17.9 Å². The molecule has 0 spiro atoms. The van der Waals surface area contributed by atoms with Gasteiger partial charge in [-0.05, 0) is 38.1 Å². The molecule has 0 saturated heterocycles. The number of carbonyl (C=O) groups is 1. The topological polar surface area (TPSA) is 98.9 Å². The van der Waals surface area contributed by atoms with Crippen molar-refractivity contribution >= 4 is 41.5 Å². The number of benzene rings is 1. The van der Waals surface area contributed by atoms with Gasteiger partial charge in [-0.2, -0.15) is 0 Å². The van der Waals surface area contributed by atoms with E-state index in [1.165, 1.54) is 6.26 Å². The molecule has 7 nitrogen and oxygen atoms in total. The Balaban J connectivity index is 0.00000420. The van der Waals surface area contributed by atoms with Crippen molar-refractivity contribution in [1.29, 1.82) is 0 Å². The summed E-state index contributed by atoms with van der Waals surface area (Å²) < 4.78 is 44.9. The number of guanidine groups is 1. The summed E-state index contributed by atoms with van der Waals surface area (Å²) in [5, 5.41) is 18.3. The summed E-state index contributed by atoms with van der Waals surface area (Å²) in [4.78, 5) is 16.0. The Labute approximate surface area is 182 Å². The maximum Gasteiger partial charge on any atom is 0.246 e. The minimum absolute atomic E-state index is 0. The molecule has 11 heteroatoms. The number of nitrogens with one attached hydrogen (secondary N) is 3. The number of amides is 1. The van der Waals surface area contributed by atoms with E-state index in [1.54, 1.807) is 26.0 Å². The molecule has 0 aliphatic heterocycles. The Kier molecular flexibility index (Phi) is 9.43. The molecule has 1 unspecified atom stereocenters. The molecule has 1 heterocycles. The van der Waals surface area contributed by atoms with Gasteiger partial charge in [-0.25, -0.2) is 18.2 Å². The summed E-state index contributed by atoms with van der Waals surface area (Å²) in [5.41, 5.74) is -1.81. The summed E-state index contributed by atoms with van der Waals surface area (Å²) in [6.45, 7) is 3.44. The predicted molar refractivity (Wildman–Crippen MR) is 113 cm³/mol. The fourth-order valence-corrected chi connectivity index (χ4v) is 2.23. The van der Waals surface area contributed by atoms with Crippen molar-refractivity contribution in [2.75, 3.05) is 25.0 Å². The number of nitrogens with zero attached hydrogens (tertiary/aromatic N) is 1. The van der Waals surface area contributed by atoms with Crippen LogP contribution in [-0.2, 0) is 10.4 Å². The van der Waals surface area contributed by atoms with E-state index in [1.807, 2.05) is 0 Å². The molecule has 1 aromatic carbocycles. The summed E-state index contributed by atoms with van der Waals surface area (Å²) in [5.74, 6) is -4.68. The van der Waals surface area contributed by atoms with Crippen LogP contribution in [0.5, 0.6) is 0 Å². The molecule has 0 radical (unpaired) electrons. The summed E-state index contributed by atoms with van der Waals surface area (Å²) in [6.07, 6.45) is 1.44. The van der Waals surface area contributed by atoms with Gasteiger partial charge in [0.2, 0.25) is 5.91 Å². The quantitative estimate of drug-likeness (QED) is 0.193. The van der Waals surface area contributed by atoms with Gasteiger partial charge in [0.15, 0.2) is 23.4 Å². The molecule has 0 fully saturated rings. The van der Waals surface area contributed by atoms with E-state index >= 15 is 0 Å². The van der Waals surface area contributed by atoms with Crippen LogP contribution in [0.4, 0.5) is 18.9 Å². The van der Waals surface area contributed by atoms with E-state index in [0.29, 0.717) is 18.4 Å². The number of aliphatic hydroxyl groups is 1. The number of hydrogen-bond donors (Lipinski definition) is 4. The maximum absolute atomic E-state index is 13.6. The minimum atomic E-state index is -1.67. The molecule has 2 rings (SSSR count). The fraction of sp³-hybridized carbons (Fsp3) is 0.333. The highest BCUT2D eigenvalue weighted by molar-refractivity contribution is 14.0. The van der Waals surface area contributed by atoms with Crippen molar-refractivity contribution in [1.82, 2.24) is 10.6 Å². The zero-order chi connectivity index (χ0) is 20.7. The van der Waals surface area contributed by atoms with Gasteiger partial charge >= 0.3 is 0 Å². The first kappa shape index (κ1) is 24.8. The van der Waals surface area contributed by atoms with Crippen LogP contribution in [0.15, 0.2) is 39.9 Å². The Hall–Kier alpha value is -2.28. The van der Waals surface area contributed by atoms with Gasteiger partial charge < -0.3 is 25.5 Å². The van der Waals surface area contributed by atoms with E-state index < -0.39 is 41.2 Å². The van der Waals surface area contributed by atoms with Crippen LogP contribution >= 0.6 is 24.0 Å². The van der Waals surface area contributed by atoms with Gasteiger partial charge in [0.05, 0.1) is 18.5 Å². The third kappa shape index (κ3) is 6.92. The van der Waals surface area contributed by atoms with E-state index in [-0.39, 0.29) is 36.5 Å². The lowest BCUT2D eigenvalue weighted by molar-refractivity contribution is -0.114. The number of rotatable bonds is 7. The van der Waals surface area contributed by atoms with Crippen molar-refractivity contribution in [3.63, 3.8) is 0 Å². The van der Waals surface area contributed by atoms with Crippen LogP contribution in [-0.4, -0.2) is 36.6 Å². The molecule has 4 N–H and O–H groups in total. The molecule has 160 valence electrons. The standard InChI is InChI=1S/C18H21F3N4O3.HI/c1-3-22-17(24-10-18(2,27)13-5-4-8-28-13)23-9-14(26)25-12-7-6-11(19)15(20)16(12)21;/h4-8,27H,3,9-10H2,1-2H3,(H,25,26)(H2,22,23,24);1H. The summed E-state index contributed by atoms with van der Waals surface area (Å²) in [6, 6.07) is 4.89. The third-order valence-electron chi connectivity index (χ3n) is 3.69. The average molecular weight is 526 g/mol. The number of furan rings is 1. The summed E-state index contributed by atoms with van der Waals surface area (Å²) >= 11 is 0. The Morgan fingerprint density at radius 1 is 1.21 bits per heavy atom. The van der Waals surface area contributed by atoms with Gasteiger partial charge in [-0.1, -0.05) is 0 Å². The van der Waals surface area contributed by atoms with E-state index in [9.17, 15) is 23.1 Å². The van der Waals surface area contributed by atoms with Crippen LogP contribution in [0.3, 0.4) is 0 Å². The SMILES string of the molecule is CCNC(=NCC(=O)Nc1ccc(F)c(F)c1F)NCC(C)(O)c1ccco1.I. The average Bonchev–Trinajstić information content (AvgIpc) is 3.20. The first-order chi connectivity index (χ1) is 13.2. The Morgan fingerprint density at radius 2 is 1.93 bits per heavy atom. The molecule has 2 aromatic rings. The molecule has 29 heavy (non-hydrogen) atoms. The fourth-order valence-electron chi connectivity index (χ4n) is 2.23. The van der Waals surface area contributed by atoms with Crippen LogP contribution < -0.4 is 16.0 Å². The second-order valence-corrected chi connectivity index (χ2v) is 6.07. The second kappa shape index (κ2) is 11.0. The van der Waals surface area contributed by atoms with Crippen molar-refractivity contribution in [2.24, 2.45) is 4.99 Å². The number of anilines is 1. The maximum atomic E-state index is 13.6. The molecule has 1 aromatic heterocycles. The molecule has 1 atom stereocenters. The van der Waals surface area contributed by atoms with E-state index in [2.05, 4.69) is 20.9 Å². The van der Waals surface area contributed by atoms with Crippen molar-refractivity contribution in [3.05, 3.63) is 53.7 Å². The van der Waals surface area contributed by atoms with Gasteiger partial charge in [0, 0.05) is 6.54 Å². The van der Waals surface area contributed by atoms with Crippen LogP contribution in [0.1, 0.15) is 19.6 Å². The largest absolute Gasteiger partial charge is 0.466 e. The predicted octanol–water partition coefficient (Wildman–Crippen LogP) is 2.72. The highest BCUT2D eigenvalue weighted by Gasteiger charge is 2.26. The highest BCUT2D eigenvalue weighted by Crippen LogP contribution is 2.20. The summed E-state index contributed by atoms with van der Waals surface area (Å²) in [7, 11) is 0. The van der Waals surface area contributed by atoms with Crippen LogP contribution in [0.2, 0.25) is 0 Å². The monoisotopic (exact) mass is 526 g/mol. The highest BCUT2D eigenvalue weighted by atomic mass is 127. The lowest BCUT2D eigenvalue weighted by Gasteiger charge is -2.22. The normalized spacial score (nSPS) is 13.2. The van der Waals surface area contributed by atoms with Gasteiger partial charge in [-0.15, -0.1) is 24.0 Å². The molecule has 1 amide bonds. The number of aliphatic imine (C=N–C) groups is 1. The minimum Gasteiger partial charge on any atom is -0.466 e. The lowest BCUT2D eigenvalue weighted by atomic mass is 10.0. The van der Waals surface area contributed by atoms with Gasteiger partial charge in [0.25, 0.3) is 0 Å². The molecule has 0 bridgehead atoms. The van der Waals surface area contributed by atoms with E-state index in [4.69, 9.17) is 4.42 Å². The lowest BCUT2D eigenvalue weighted by Crippen LogP contribution is -2.44. The second-order valence-electron chi connectivity index (χ2n) is 6.07. The molecule has 0 aliphatic rings. The first-order valence-corrected chi connectivity index (χ1v) is 8.46. The molecule has 0 saturated carbocycles. The zero-order valence-corrected chi connectivity index (χ0v) is 18.1. The van der Waals surface area contributed by atoms with Crippen LogP contribution in [0, 0.1) is 17.5 Å². The van der Waals surface area contributed by atoms with Crippen molar-refractivity contribution in [3.8, 4) is 0 Å². The number of halogens is 4. The van der Waals surface area contributed by atoms with Crippen molar-refractivity contribution in [2.45, 2.75) is 19.4 Å². The molecular weight excluding hydrogens is 504 g/mol. The first-order valence-electron chi connectivity index (χ1n) is 8.46. The third-order valence-corrected chi connectivity index (χ3v) is 3.69. The van der Waals surface area contributed by atoms with Gasteiger partial charge in [-0.3, -0.25) is 4.79 Å². The Bertz CT molecular complexity index is 845. The zero-order valence-electron chi connectivity index (χ0n) is 15.8.